The number of carbonyl (C=O) groups is 2. The Morgan fingerprint density at radius 1 is 1.30 bits per heavy atom. The van der Waals surface area contributed by atoms with Gasteiger partial charge in [-0.25, -0.2) is 0 Å². The molecule has 0 N–H and O–H groups in total. The normalized spacial score (nSPS) is 10.1. The van der Waals surface area contributed by atoms with Crippen LogP contribution >= 0.6 is 11.6 Å². The molecule has 5 nitrogen and oxygen atoms in total. The fourth-order valence-electron chi connectivity index (χ4n) is 1.70. The van der Waals surface area contributed by atoms with Gasteiger partial charge in [0.15, 0.2) is 5.78 Å². The quantitative estimate of drug-likeness (QED) is 0.602. The highest BCUT2D eigenvalue weighted by atomic mass is 35.5. The van der Waals surface area contributed by atoms with Gasteiger partial charge in [0.2, 0.25) is 6.41 Å². The van der Waals surface area contributed by atoms with E-state index in [2.05, 4.69) is 9.97 Å². The lowest BCUT2D eigenvalue weighted by molar-refractivity contribution is -0.118. The first-order valence-electron chi connectivity index (χ1n) is 5.92. The summed E-state index contributed by atoms with van der Waals surface area (Å²) in [5, 5.41) is 0.279. The lowest BCUT2D eigenvalue weighted by atomic mass is 10.1. The van der Waals surface area contributed by atoms with Crippen LogP contribution in [0.25, 0.3) is 0 Å². The van der Waals surface area contributed by atoms with Crippen molar-refractivity contribution < 1.29 is 9.59 Å². The van der Waals surface area contributed by atoms with E-state index in [4.69, 9.17) is 11.6 Å². The van der Waals surface area contributed by atoms with Crippen molar-refractivity contribution in [3.63, 3.8) is 0 Å². The average molecular weight is 290 g/mol. The Hall–Kier alpha value is -2.27. The molecule has 2 aromatic rings. The highest BCUT2D eigenvalue weighted by Gasteiger charge is 2.14. The van der Waals surface area contributed by atoms with Gasteiger partial charge in [-0.05, 0) is 18.2 Å². The van der Waals surface area contributed by atoms with Gasteiger partial charge >= 0.3 is 0 Å². The van der Waals surface area contributed by atoms with Crippen molar-refractivity contribution in [2.24, 2.45) is 0 Å². The summed E-state index contributed by atoms with van der Waals surface area (Å²) in [4.78, 5) is 32.4. The molecule has 0 saturated carbocycles. The van der Waals surface area contributed by atoms with E-state index >= 15 is 0 Å². The van der Waals surface area contributed by atoms with Crippen LogP contribution in [0.15, 0.2) is 42.9 Å². The number of halogens is 1. The predicted molar refractivity (Wildman–Crippen MR) is 74.3 cm³/mol. The zero-order valence-electron chi connectivity index (χ0n) is 10.6. The lowest BCUT2D eigenvalue weighted by Gasteiger charge is -2.16. The van der Waals surface area contributed by atoms with E-state index < -0.39 is 0 Å². The number of pyridine rings is 2. The Morgan fingerprint density at radius 3 is 2.80 bits per heavy atom. The average Bonchev–Trinajstić information content (AvgIpc) is 2.48. The summed E-state index contributed by atoms with van der Waals surface area (Å²) in [7, 11) is 0. The molecule has 0 spiro atoms. The van der Waals surface area contributed by atoms with E-state index in [0.29, 0.717) is 17.7 Å². The van der Waals surface area contributed by atoms with Crippen molar-refractivity contribution in [1.29, 1.82) is 0 Å². The Balaban J connectivity index is 2.05. The maximum absolute atomic E-state index is 12.1. The topological polar surface area (TPSA) is 63.2 Å². The van der Waals surface area contributed by atoms with E-state index in [0.717, 1.165) is 0 Å². The van der Waals surface area contributed by atoms with Gasteiger partial charge < -0.3 is 4.90 Å². The summed E-state index contributed by atoms with van der Waals surface area (Å²) in [5.74, 6) is -0.236. The van der Waals surface area contributed by atoms with Crippen molar-refractivity contribution in [2.45, 2.75) is 6.54 Å². The van der Waals surface area contributed by atoms with Crippen molar-refractivity contribution in [3.8, 4) is 0 Å². The molecule has 0 aliphatic heterocycles. The SMILES string of the molecule is O=CN(CC(=O)c1ccncc1Cl)Cc1ccccn1. The van der Waals surface area contributed by atoms with Crippen LogP contribution in [0.2, 0.25) is 5.02 Å². The zero-order valence-corrected chi connectivity index (χ0v) is 11.3. The van der Waals surface area contributed by atoms with Crippen LogP contribution in [-0.4, -0.2) is 33.6 Å². The smallest absolute Gasteiger partial charge is 0.210 e. The molecule has 20 heavy (non-hydrogen) atoms. The Labute approximate surface area is 121 Å². The fraction of sp³-hybridized carbons (Fsp3) is 0.143. The molecule has 0 fully saturated rings. The second kappa shape index (κ2) is 6.77. The maximum Gasteiger partial charge on any atom is 0.210 e. The first kappa shape index (κ1) is 14.1. The predicted octanol–water partition coefficient (Wildman–Crippen LogP) is 1.97. The number of amides is 1. The maximum atomic E-state index is 12.1. The molecule has 1 amide bonds. The van der Waals surface area contributed by atoms with Gasteiger partial charge in [0.25, 0.3) is 0 Å². The first-order valence-corrected chi connectivity index (χ1v) is 6.30. The van der Waals surface area contributed by atoms with Crippen LogP contribution < -0.4 is 0 Å². The highest BCUT2D eigenvalue weighted by Crippen LogP contribution is 2.14. The molecule has 0 atom stereocenters. The van der Waals surface area contributed by atoms with Gasteiger partial charge in [0, 0.05) is 24.2 Å². The van der Waals surface area contributed by atoms with Crippen LogP contribution in [0.1, 0.15) is 16.1 Å². The minimum Gasteiger partial charge on any atom is -0.332 e. The third-order valence-electron chi connectivity index (χ3n) is 2.66. The minimum atomic E-state index is -0.236. The van der Waals surface area contributed by atoms with Crippen molar-refractivity contribution >= 4 is 23.8 Å². The molecule has 0 bridgehead atoms. The van der Waals surface area contributed by atoms with Gasteiger partial charge in [-0.2, -0.15) is 0 Å². The molecule has 0 aliphatic rings. The number of aromatic nitrogens is 2. The highest BCUT2D eigenvalue weighted by molar-refractivity contribution is 6.33. The Kier molecular flexibility index (Phi) is 4.79. The molecule has 0 saturated heterocycles. The van der Waals surface area contributed by atoms with E-state index in [1.165, 1.54) is 23.4 Å². The van der Waals surface area contributed by atoms with E-state index in [9.17, 15) is 9.59 Å². The zero-order chi connectivity index (χ0) is 14.4. The van der Waals surface area contributed by atoms with E-state index in [-0.39, 0.29) is 23.9 Å². The minimum absolute atomic E-state index is 0.0518. The Morgan fingerprint density at radius 2 is 2.15 bits per heavy atom. The van der Waals surface area contributed by atoms with Gasteiger partial charge in [-0.3, -0.25) is 19.6 Å². The summed E-state index contributed by atoms with van der Waals surface area (Å²) in [6, 6.07) is 6.94. The van der Waals surface area contributed by atoms with Crippen LogP contribution in [0.4, 0.5) is 0 Å². The third-order valence-corrected chi connectivity index (χ3v) is 2.96. The van der Waals surface area contributed by atoms with Gasteiger partial charge in [-0.15, -0.1) is 0 Å². The van der Waals surface area contributed by atoms with Gasteiger partial charge in [0.1, 0.15) is 0 Å². The fourth-order valence-corrected chi connectivity index (χ4v) is 1.93. The number of ketones is 1. The first-order chi connectivity index (χ1) is 9.70. The molecule has 2 aromatic heterocycles. The van der Waals surface area contributed by atoms with Crippen molar-refractivity contribution in [3.05, 3.63) is 59.1 Å². The number of hydrogen-bond acceptors (Lipinski definition) is 4. The van der Waals surface area contributed by atoms with Crippen LogP contribution in [0.3, 0.4) is 0 Å². The molecule has 0 aliphatic carbocycles. The van der Waals surface area contributed by atoms with Crippen molar-refractivity contribution in [2.75, 3.05) is 6.54 Å². The summed E-state index contributed by atoms with van der Waals surface area (Å²) in [6.07, 6.45) is 5.16. The van der Waals surface area contributed by atoms with Crippen molar-refractivity contribution in [1.82, 2.24) is 14.9 Å². The second-order valence-electron chi connectivity index (χ2n) is 4.11. The third kappa shape index (κ3) is 3.61. The van der Waals surface area contributed by atoms with Gasteiger partial charge in [0.05, 0.1) is 23.8 Å². The van der Waals surface area contributed by atoms with E-state index in [1.807, 2.05) is 6.07 Å². The summed E-state index contributed by atoms with van der Waals surface area (Å²) >= 11 is 5.90. The van der Waals surface area contributed by atoms with Crippen LogP contribution in [-0.2, 0) is 11.3 Å². The number of carbonyl (C=O) groups excluding carboxylic acids is 2. The van der Waals surface area contributed by atoms with E-state index in [1.54, 1.807) is 18.3 Å². The van der Waals surface area contributed by atoms with Gasteiger partial charge in [-0.1, -0.05) is 17.7 Å². The van der Waals surface area contributed by atoms with Crippen LogP contribution in [0.5, 0.6) is 0 Å². The standard InChI is InChI=1S/C14H12ClN3O2/c15-13-7-16-6-4-12(13)14(20)9-18(10-19)8-11-3-1-2-5-17-11/h1-7,10H,8-9H2. The molecule has 102 valence electrons. The van der Waals surface area contributed by atoms with Crippen LogP contribution in [0, 0.1) is 0 Å². The summed E-state index contributed by atoms with van der Waals surface area (Å²) < 4.78 is 0. The number of nitrogens with zero attached hydrogens (tertiary/aromatic N) is 3. The largest absolute Gasteiger partial charge is 0.332 e. The lowest BCUT2D eigenvalue weighted by Crippen LogP contribution is -2.28. The molecular formula is C14H12ClN3O2. The molecule has 2 heterocycles. The molecule has 0 aromatic carbocycles. The molecule has 0 radical (unpaired) electrons. The Bertz CT molecular complexity index is 604. The number of rotatable bonds is 6. The number of Topliss-reactive ketones (excluding diaryl/α,β-unsaturated/α-hetero) is 1. The molecule has 0 unspecified atom stereocenters. The summed E-state index contributed by atoms with van der Waals surface area (Å²) in [6.45, 7) is 0.225. The monoisotopic (exact) mass is 289 g/mol. The molecular weight excluding hydrogens is 278 g/mol. The molecule has 6 heteroatoms. The second-order valence-corrected chi connectivity index (χ2v) is 4.52. The summed E-state index contributed by atoms with van der Waals surface area (Å²) in [5.41, 5.74) is 1.07. The molecule has 2 rings (SSSR count). The number of hydrogen-bond donors (Lipinski definition) is 0.